The summed E-state index contributed by atoms with van der Waals surface area (Å²) in [7, 11) is 0. The van der Waals surface area contributed by atoms with Crippen LogP contribution in [0.25, 0.3) is 0 Å². The van der Waals surface area contributed by atoms with Crippen molar-refractivity contribution in [2.75, 3.05) is 36.4 Å². The number of carbonyl (C=O) groups excluding carboxylic acids is 1. The van der Waals surface area contributed by atoms with Crippen LogP contribution < -0.4 is 10.2 Å². The standard InChI is InChI=1S/C14H22N4O/c1-3-17(4-2)13-8-7-12(11-15-13)16-14(19)18-9-5-6-10-18/h7-8,11H,3-6,9-10H2,1-2H3,(H,16,19). The molecule has 5 heteroatoms. The van der Waals surface area contributed by atoms with Crippen molar-refractivity contribution >= 4 is 17.5 Å². The molecule has 0 aromatic carbocycles. The van der Waals surface area contributed by atoms with E-state index >= 15 is 0 Å². The number of carbonyl (C=O) groups is 1. The van der Waals surface area contributed by atoms with E-state index in [1.807, 2.05) is 17.0 Å². The summed E-state index contributed by atoms with van der Waals surface area (Å²) in [5, 5.41) is 2.89. The highest BCUT2D eigenvalue weighted by Gasteiger charge is 2.17. The Morgan fingerprint density at radius 3 is 2.53 bits per heavy atom. The van der Waals surface area contributed by atoms with Gasteiger partial charge in [0.2, 0.25) is 0 Å². The first-order chi connectivity index (χ1) is 9.24. The Labute approximate surface area is 114 Å². The quantitative estimate of drug-likeness (QED) is 0.907. The lowest BCUT2D eigenvalue weighted by molar-refractivity contribution is 0.222. The predicted octanol–water partition coefficient (Wildman–Crippen LogP) is 2.56. The Bertz CT molecular complexity index is 408. The molecule has 2 amide bonds. The second-order valence-electron chi connectivity index (χ2n) is 4.70. The molecule has 2 rings (SSSR count). The molecule has 1 aromatic rings. The third kappa shape index (κ3) is 3.36. The number of rotatable bonds is 4. The first-order valence-electron chi connectivity index (χ1n) is 7.01. The Morgan fingerprint density at radius 1 is 1.32 bits per heavy atom. The number of urea groups is 1. The normalized spacial score (nSPS) is 14.5. The second kappa shape index (κ2) is 6.41. The summed E-state index contributed by atoms with van der Waals surface area (Å²) in [6, 6.07) is 3.84. The van der Waals surface area contributed by atoms with Gasteiger partial charge in [-0.2, -0.15) is 0 Å². The zero-order valence-electron chi connectivity index (χ0n) is 11.7. The van der Waals surface area contributed by atoms with Crippen molar-refractivity contribution in [2.45, 2.75) is 26.7 Å². The molecule has 1 aliphatic heterocycles. The largest absolute Gasteiger partial charge is 0.357 e. The maximum Gasteiger partial charge on any atom is 0.321 e. The Morgan fingerprint density at radius 2 is 2.00 bits per heavy atom. The Hall–Kier alpha value is -1.78. The third-order valence-electron chi connectivity index (χ3n) is 3.48. The molecule has 1 aromatic heterocycles. The van der Waals surface area contributed by atoms with Crippen LogP contribution in [-0.4, -0.2) is 42.1 Å². The minimum atomic E-state index is -0.0186. The molecule has 1 saturated heterocycles. The predicted molar refractivity (Wildman–Crippen MR) is 77.6 cm³/mol. The maximum atomic E-state index is 11.9. The van der Waals surface area contributed by atoms with E-state index < -0.39 is 0 Å². The van der Waals surface area contributed by atoms with Crippen molar-refractivity contribution in [1.82, 2.24) is 9.88 Å². The molecular weight excluding hydrogens is 240 g/mol. The van der Waals surface area contributed by atoms with Crippen molar-refractivity contribution in [2.24, 2.45) is 0 Å². The molecule has 5 nitrogen and oxygen atoms in total. The van der Waals surface area contributed by atoms with E-state index in [1.165, 1.54) is 0 Å². The monoisotopic (exact) mass is 262 g/mol. The van der Waals surface area contributed by atoms with Crippen molar-refractivity contribution in [3.05, 3.63) is 18.3 Å². The summed E-state index contributed by atoms with van der Waals surface area (Å²) in [4.78, 5) is 20.3. The van der Waals surface area contributed by atoms with Gasteiger partial charge in [0.1, 0.15) is 5.82 Å². The Kier molecular flexibility index (Phi) is 4.60. The van der Waals surface area contributed by atoms with Crippen LogP contribution in [0.1, 0.15) is 26.7 Å². The third-order valence-corrected chi connectivity index (χ3v) is 3.48. The average molecular weight is 262 g/mol. The topological polar surface area (TPSA) is 48.5 Å². The van der Waals surface area contributed by atoms with Gasteiger partial charge in [-0.3, -0.25) is 0 Å². The maximum absolute atomic E-state index is 11.9. The van der Waals surface area contributed by atoms with E-state index in [4.69, 9.17) is 0 Å². The summed E-state index contributed by atoms with van der Waals surface area (Å²) in [5.74, 6) is 0.948. The van der Waals surface area contributed by atoms with Crippen LogP contribution >= 0.6 is 0 Å². The first kappa shape index (κ1) is 13.6. The highest BCUT2D eigenvalue weighted by atomic mass is 16.2. The van der Waals surface area contributed by atoms with Crippen LogP contribution in [0.3, 0.4) is 0 Å². The number of anilines is 2. The number of pyridine rings is 1. The SMILES string of the molecule is CCN(CC)c1ccc(NC(=O)N2CCCC2)cn1. The second-order valence-corrected chi connectivity index (χ2v) is 4.70. The molecular formula is C14H22N4O. The Balaban J connectivity index is 1.96. The van der Waals surface area contributed by atoms with Crippen LogP contribution in [0, 0.1) is 0 Å². The van der Waals surface area contributed by atoms with Crippen LogP contribution in [0.2, 0.25) is 0 Å². The fourth-order valence-electron chi connectivity index (χ4n) is 2.32. The van der Waals surface area contributed by atoms with E-state index in [0.717, 1.165) is 50.5 Å². The van der Waals surface area contributed by atoms with Gasteiger partial charge in [-0.05, 0) is 38.8 Å². The highest BCUT2D eigenvalue weighted by Crippen LogP contribution is 2.15. The molecule has 0 atom stereocenters. The van der Waals surface area contributed by atoms with E-state index in [0.29, 0.717) is 0 Å². The number of aromatic nitrogens is 1. The molecule has 0 radical (unpaired) electrons. The molecule has 0 bridgehead atoms. The smallest absolute Gasteiger partial charge is 0.321 e. The minimum absolute atomic E-state index is 0.0186. The fourth-order valence-corrected chi connectivity index (χ4v) is 2.32. The van der Waals surface area contributed by atoms with Gasteiger partial charge in [0.05, 0.1) is 11.9 Å². The lowest BCUT2D eigenvalue weighted by Crippen LogP contribution is -2.32. The molecule has 0 saturated carbocycles. The number of nitrogens with zero attached hydrogens (tertiary/aromatic N) is 3. The van der Waals surface area contributed by atoms with Crippen LogP contribution in [-0.2, 0) is 0 Å². The molecule has 1 N–H and O–H groups in total. The van der Waals surface area contributed by atoms with Gasteiger partial charge in [-0.15, -0.1) is 0 Å². The van der Waals surface area contributed by atoms with Gasteiger partial charge in [0, 0.05) is 26.2 Å². The number of likely N-dealkylation sites (tertiary alicyclic amines) is 1. The summed E-state index contributed by atoms with van der Waals surface area (Å²) >= 11 is 0. The summed E-state index contributed by atoms with van der Waals surface area (Å²) in [6.07, 6.45) is 3.93. The van der Waals surface area contributed by atoms with Crippen LogP contribution in [0.15, 0.2) is 18.3 Å². The van der Waals surface area contributed by atoms with E-state index in [-0.39, 0.29) is 6.03 Å². The fraction of sp³-hybridized carbons (Fsp3) is 0.571. The molecule has 19 heavy (non-hydrogen) atoms. The molecule has 0 unspecified atom stereocenters. The zero-order valence-corrected chi connectivity index (χ0v) is 11.7. The average Bonchev–Trinajstić information content (AvgIpc) is 2.96. The van der Waals surface area contributed by atoms with E-state index in [1.54, 1.807) is 6.20 Å². The van der Waals surface area contributed by atoms with Crippen molar-refractivity contribution < 1.29 is 4.79 Å². The van der Waals surface area contributed by atoms with Gasteiger partial charge < -0.3 is 15.1 Å². The summed E-state index contributed by atoms with van der Waals surface area (Å²) in [5.41, 5.74) is 0.757. The molecule has 104 valence electrons. The van der Waals surface area contributed by atoms with E-state index in [2.05, 4.69) is 29.0 Å². The lowest BCUT2D eigenvalue weighted by atomic mass is 10.3. The van der Waals surface area contributed by atoms with Crippen molar-refractivity contribution in [3.63, 3.8) is 0 Å². The van der Waals surface area contributed by atoms with Gasteiger partial charge in [0.15, 0.2) is 0 Å². The van der Waals surface area contributed by atoms with E-state index in [9.17, 15) is 4.79 Å². The number of hydrogen-bond acceptors (Lipinski definition) is 3. The van der Waals surface area contributed by atoms with Gasteiger partial charge in [-0.1, -0.05) is 0 Å². The lowest BCUT2D eigenvalue weighted by Gasteiger charge is -2.20. The highest BCUT2D eigenvalue weighted by molar-refractivity contribution is 5.89. The van der Waals surface area contributed by atoms with Crippen LogP contribution in [0.4, 0.5) is 16.3 Å². The summed E-state index contributed by atoms with van der Waals surface area (Å²) < 4.78 is 0. The molecule has 1 aliphatic rings. The van der Waals surface area contributed by atoms with Gasteiger partial charge >= 0.3 is 6.03 Å². The number of amides is 2. The molecule has 0 spiro atoms. The summed E-state index contributed by atoms with van der Waals surface area (Å²) in [6.45, 7) is 7.79. The number of hydrogen-bond donors (Lipinski definition) is 1. The minimum Gasteiger partial charge on any atom is -0.357 e. The van der Waals surface area contributed by atoms with Crippen molar-refractivity contribution in [3.8, 4) is 0 Å². The molecule has 1 fully saturated rings. The van der Waals surface area contributed by atoms with Gasteiger partial charge in [0.25, 0.3) is 0 Å². The molecule has 2 heterocycles. The zero-order chi connectivity index (χ0) is 13.7. The number of nitrogens with one attached hydrogen (secondary N) is 1. The molecule has 0 aliphatic carbocycles. The van der Waals surface area contributed by atoms with Gasteiger partial charge in [-0.25, -0.2) is 9.78 Å². The van der Waals surface area contributed by atoms with Crippen molar-refractivity contribution in [1.29, 1.82) is 0 Å². The first-order valence-corrected chi connectivity index (χ1v) is 7.01. The van der Waals surface area contributed by atoms with Crippen LogP contribution in [0.5, 0.6) is 0 Å².